The van der Waals surface area contributed by atoms with Gasteiger partial charge in [0.1, 0.15) is 11.6 Å². The second kappa shape index (κ2) is 9.69. The van der Waals surface area contributed by atoms with Crippen molar-refractivity contribution in [3.8, 4) is 5.75 Å². The lowest BCUT2D eigenvalue weighted by atomic mass is 10.1. The second-order valence-electron chi connectivity index (χ2n) is 7.86. The van der Waals surface area contributed by atoms with Gasteiger partial charge in [0.2, 0.25) is 0 Å². The molecule has 1 atom stereocenters. The maximum absolute atomic E-state index is 13.5. The highest BCUT2D eigenvalue weighted by molar-refractivity contribution is 5.94. The van der Waals surface area contributed by atoms with E-state index >= 15 is 0 Å². The third-order valence-corrected chi connectivity index (χ3v) is 5.83. The molecule has 0 spiro atoms. The van der Waals surface area contributed by atoms with Crippen LogP contribution in [-0.2, 0) is 6.54 Å². The van der Waals surface area contributed by atoms with Crippen LogP contribution in [0.25, 0.3) is 10.9 Å². The molecule has 1 unspecified atom stereocenters. The van der Waals surface area contributed by atoms with E-state index in [4.69, 9.17) is 9.72 Å². The van der Waals surface area contributed by atoms with Gasteiger partial charge in [-0.15, -0.1) is 0 Å². The molecule has 0 aliphatic rings. The smallest absolute Gasteiger partial charge is 0.261 e. The Labute approximate surface area is 193 Å². The van der Waals surface area contributed by atoms with E-state index < -0.39 is 6.04 Å². The van der Waals surface area contributed by atoms with Crippen molar-refractivity contribution in [2.24, 2.45) is 0 Å². The van der Waals surface area contributed by atoms with Gasteiger partial charge in [-0.1, -0.05) is 48.5 Å². The average Bonchev–Trinajstić information content (AvgIpc) is 2.86. The molecular formula is C27H27N3O3. The monoisotopic (exact) mass is 441 g/mol. The Kier molecular flexibility index (Phi) is 6.54. The number of nitrogens with zero attached hydrogens (tertiary/aromatic N) is 3. The molecule has 0 N–H and O–H groups in total. The van der Waals surface area contributed by atoms with Gasteiger partial charge in [-0.25, -0.2) is 4.98 Å². The van der Waals surface area contributed by atoms with E-state index in [9.17, 15) is 9.59 Å². The molecule has 4 aromatic rings. The van der Waals surface area contributed by atoms with Crippen LogP contribution in [-0.4, -0.2) is 34.0 Å². The van der Waals surface area contributed by atoms with E-state index in [1.165, 1.54) is 0 Å². The molecule has 6 nitrogen and oxygen atoms in total. The fourth-order valence-electron chi connectivity index (χ4n) is 4.08. The first-order valence-corrected chi connectivity index (χ1v) is 11.0. The van der Waals surface area contributed by atoms with Crippen molar-refractivity contribution in [1.82, 2.24) is 14.5 Å². The minimum Gasteiger partial charge on any atom is -0.497 e. The van der Waals surface area contributed by atoms with Crippen molar-refractivity contribution in [3.05, 3.63) is 106 Å². The second-order valence-corrected chi connectivity index (χ2v) is 7.86. The highest BCUT2D eigenvalue weighted by Crippen LogP contribution is 2.24. The number of benzene rings is 3. The summed E-state index contributed by atoms with van der Waals surface area (Å²) in [6, 6.07) is 23.8. The van der Waals surface area contributed by atoms with Gasteiger partial charge < -0.3 is 9.64 Å². The van der Waals surface area contributed by atoms with E-state index in [1.807, 2.05) is 62.4 Å². The summed E-state index contributed by atoms with van der Waals surface area (Å²) in [5, 5.41) is 0.562. The van der Waals surface area contributed by atoms with Gasteiger partial charge in [0.05, 0.1) is 30.6 Å². The van der Waals surface area contributed by atoms with Crippen LogP contribution in [0.1, 0.15) is 41.6 Å². The van der Waals surface area contributed by atoms with Gasteiger partial charge in [-0.05, 0) is 49.7 Å². The topological polar surface area (TPSA) is 64.4 Å². The minimum absolute atomic E-state index is 0.115. The molecule has 0 aliphatic heterocycles. The van der Waals surface area contributed by atoms with Crippen molar-refractivity contribution >= 4 is 16.8 Å². The lowest BCUT2D eigenvalue weighted by Crippen LogP contribution is -2.38. The van der Waals surface area contributed by atoms with Crippen molar-refractivity contribution in [2.75, 3.05) is 13.7 Å². The van der Waals surface area contributed by atoms with Crippen LogP contribution in [0.2, 0.25) is 0 Å². The highest BCUT2D eigenvalue weighted by atomic mass is 16.5. The molecular weight excluding hydrogens is 414 g/mol. The van der Waals surface area contributed by atoms with Gasteiger partial charge in [-0.2, -0.15) is 0 Å². The Hall–Kier alpha value is -3.93. The fraction of sp³-hybridized carbons (Fsp3) is 0.222. The Morgan fingerprint density at radius 1 is 1.03 bits per heavy atom. The zero-order valence-electron chi connectivity index (χ0n) is 19.1. The quantitative estimate of drug-likeness (QED) is 0.418. The maximum Gasteiger partial charge on any atom is 0.261 e. The molecule has 0 radical (unpaired) electrons. The summed E-state index contributed by atoms with van der Waals surface area (Å²) >= 11 is 0. The summed E-state index contributed by atoms with van der Waals surface area (Å²) in [6.45, 7) is 4.68. The normalized spacial score (nSPS) is 11.8. The predicted octanol–water partition coefficient (Wildman–Crippen LogP) is 4.68. The molecule has 6 heteroatoms. The molecule has 0 saturated carbocycles. The molecule has 3 aromatic carbocycles. The van der Waals surface area contributed by atoms with Crippen LogP contribution in [0.3, 0.4) is 0 Å². The molecule has 168 valence electrons. The number of fused-ring (bicyclic) bond motifs is 1. The fourth-order valence-corrected chi connectivity index (χ4v) is 4.08. The summed E-state index contributed by atoms with van der Waals surface area (Å²) in [4.78, 5) is 33.5. The zero-order chi connectivity index (χ0) is 23.4. The maximum atomic E-state index is 13.5. The van der Waals surface area contributed by atoms with Crippen LogP contribution < -0.4 is 10.3 Å². The molecule has 1 amide bonds. The van der Waals surface area contributed by atoms with Crippen molar-refractivity contribution in [3.63, 3.8) is 0 Å². The first-order valence-electron chi connectivity index (χ1n) is 11.0. The van der Waals surface area contributed by atoms with Crippen LogP contribution >= 0.6 is 0 Å². The third-order valence-electron chi connectivity index (χ3n) is 5.83. The molecule has 1 heterocycles. The SMILES string of the molecule is CCN(C(=O)c1cccc(OC)c1)C(C)c1nc2ccccc2c(=O)n1Cc1ccccc1. The molecule has 0 fully saturated rings. The Balaban J connectivity index is 1.81. The number of amides is 1. The minimum atomic E-state index is -0.422. The van der Waals surface area contributed by atoms with E-state index in [2.05, 4.69) is 0 Å². The van der Waals surface area contributed by atoms with E-state index in [0.717, 1.165) is 5.56 Å². The predicted molar refractivity (Wildman–Crippen MR) is 130 cm³/mol. The number of methoxy groups -OCH3 is 1. The number of ether oxygens (including phenoxy) is 1. The van der Waals surface area contributed by atoms with Crippen molar-refractivity contribution in [1.29, 1.82) is 0 Å². The summed E-state index contributed by atoms with van der Waals surface area (Å²) in [6.07, 6.45) is 0. The van der Waals surface area contributed by atoms with Crippen LogP contribution in [0.4, 0.5) is 0 Å². The largest absolute Gasteiger partial charge is 0.497 e. The van der Waals surface area contributed by atoms with Gasteiger partial charge in [-0.3, -0.25) is 14.2 Å². The molecule has 0 bridgehead atoms. The molecule has 33 heavy (non-hydrogen) atoms. The standard InChI is InChI=1S/C27H27N3O3/c1-4-29(26(31)21-13-10-14-22(17-21)33-3)19(2)25-28-24-16-9-8-15-23(24)27(32)30(25)18-20-11-6-5-7-12-20/h5-17,19H,4,18H2,1-3H3. The number of rotatable bonds is 7. The Morgan fingerprint density at radius 3 is 2.48 bits per heavy atom. The van der Waals surface area contributed by atoms with Crippen molar-refractivity contribution < 1.29 is 9.53 Å². The third kappa shape index (κ3) is 4.51. The van der Waals surface area contributed by atoms with E-state index in [0.29, 0.717) is 41.1 Å². The number of hydrogen-bond acceptors (Lipinski definition) is 4. The van der Waals surface area contributed by atoms with Gasteiger partial charge >= 0.3 is 0 Å². The molecule has 1 aromatic heterocycles. The summed E-state index contributed by atoms with van der Waals surface area (Å²) < 4.78 is 6.97. The summed E-state index contributed by atoms with van der Waals surface area (Å²) in [5.41, 5.74) is 2.03. The van der Waals surface area contributed by atoms with Crippen LogP contribution in [0.5, 0.6) is 5.75 Å². The molecule has 0 aliphatic carbocycles. The number of para-hydroxylation sites is 1. The zero-order valence-corrected chi connectivity index (χ0v) is 19.1. The van der Waals surface area contributed by atoms with Crippen molar-refractivity contribution in [2.45, 2.75) is 26.4 Å². The number of aromatic nitrogens is 2. The Bertz CT molecular complexity index is 1330. The van der Waals surface area contributed by atoms with Gasteiger partial charge in [0, 0.05) is 12.1 Å². The molecule has 0 saturated heterocycles. The summed E-state index contributed by atoms with van der Waals surface area (Å²) in [7, 11) is 1.57. The number of carbonyl (C=O) groups is 1. The lowest BCUT2D eigenvalue weighted by molar-refractivity contribution is 0.0691. The first kappa shape index (κ1) is 22.3. The van der Waals surface area contributed by atoms with Gasteiger partial charge in [0.15, 0.2) is 0 Å². The van der Waals surface area contributed by atoms with Crippen LogP contribution in [0, 0.1) is 0 Å². The van der Waals surface area contributed by atoms with E-state index in [1.54, 1.807) is 46.9 Å². The Morgan fingerprint density at radius 2 is 1.76 bits per heavy atom. The highest BCUT2D eigenvalue weighted by Gasteiger charge is 2.26. The number of carbonyl (C=O) groups excluding carboxylic acids is 1. The first-order chi connectivity index (χ1) is 16.0. The lowest BCUT2D eigenvalue weighted by Gasteiger charge is -2.29. The average molecular weight is 442 g/mol. The number of hydrogen-bond donors (Lipinski definition) is 0. The van der Waals surface area contributed by atoms with Crippen LogP contribution in [0.15, 0.2) is 83.7 Å². The molecule has 4 rings (SSSR count). The summed E-state index contributed by atoms with van der Waals surface area (Å²) in [5.74, 6) is 1.03. The van der Waals surface area contributed by atoms with E-state index in [-0.39, 0.29) is 11.5 Å². The van der Waals surface area contributed by atoms with Gasteiger partial charge in [0.25, 0.3) is 11.5 Å².